The van der Waals surface area contributed by atoms with E-state index in [9.17, 15) is 9.18 Å². The second kappa shape index (κ2) is 6.81. The van der Waals surface area contributed by atoms with Gasteiger partial charge in [-0.25, -0.2) is 9.37 Å². The fourth-order valence-electron chi connectivity index (χ4n) is 3.31. The number of thiazole rings is 1. The van der Waals surface area contributed by atoms with Gasteiger partial charge in [-0.2, -0.15) is 0 Å². The molecule has 2 aromatic heterocycles. The Morgan fingerprint density at radius 3 is 2.85 bits per heavy atom. The van der Waals surface area contributed by atoms with Crippen LogP contribution in [-0.4, -0.2) is 23.1 Å². The molecule has 2 atom stereocenters. The quantitative estimate of drug-likeness (QED) is 0.662. The van der Waals surface area contributed by atoms with E-state index in [0.717, 1.165) is 17.0 Å². The maximum Gasteiger partial charge on any atom is 0.259 e. The molecule has 0 unspecified atom stereocenters. The molecule has 0 bridgehead atoms. The zero-order valence-electron chi connectivity index (χ0n) is 14.6. The number of nitrogens with zero attached hydrogens (tertiary/aromatic N) is 2. The summed E-state index contributed by atoms with van der Waals surface area (Å²) in [6.07, 6.45) is 1.04. The molecule has 0 amide bonds. The third-order valence-electron chi connectivity index (χ3n) is 4.64. The summed E-state index contributed by atoms with van der Waals surface area (Å²) in [7, 11) is 1.70. The van der Waals surface area contributed by atoms with Crippen LogP contribution in [0.25, 0.3) is 4.96 Å². The zero-order chi connectivity index (χ0) is 18.3. The maximum absolute atomic E-state index is 12.9. The second-order valence-electron chi connectivity index (χ2n) is 6.55. The number of methoxy groups -OCH3 is 1. The highest BCUT2D eigenvalue weighted by molar-refractivity contribution is 7.17. The highest BCUT2D eigenvalue weighted by Gasteiger charge is 2.41. The number of rotatable bonds is 6. The Balaban J connectivity index is 1.59. The van der Waals surface area contributed by atoms with Gasteiger partial charge in [0.1, 0.15) is 18.2 Å². The van der Waals surface area contributed by atoms with Gasteiger partial charge in [0.15, 0.2) is 4.96 Å². The molecular weight excluding hydrogens is 355 g/mol. The van der Waals surface area contributed by atoms with Crippen molar-refractivity contribution in [2.75, 3.05) is 13.7 Å². The minimum Gasteiger partial charge on any atom is -0.487 e. The number of hydrogen-bond acceptors (Lipinski definition) is 5. The summed E-state index contributed by atoms with van der Waals surface area (Å²) in [5, 5.41) is 0. The Bertz CT molecular complexity index is 996. The second-order valence-corrected chi connectivity index (χ2v) is 7.73. The van der Waals surface area contributed by atoms with Gasteiger partial charge in [-0.15, -0.1) is 11.3 Å². The van der Waals surface area contributed by atoms with Crippen LogP contribution in [0.15, 0.2) is 35.1 Å². The predicted octanol–water partition coefficient (Wildman–Crippen LogP) is 3.53. The van der Waals surface area contributed by atoms with Crippen LogP contribution in [0, 0.1) is 18.7 Å². The third kappa shape index (κ3) is 3.24. The first kappa shape index (κ1) is 17.2. The lowest BCUT2D eigenvalue weighted by atomic mass is 10.2. The molecule has 0 radical (unpaired) electrons. The topological polar surface area (TPSA) is 52.8 Å². The van der Waals surface area contributed by atoms with E-state index in [4.69, 9.17) is 9.47 Å². The van der Waals surface area contributed by atoms with Crippen LogP contribution in [0.1, 0.15) is 28.6 Å². The van der Waals surface area contributed by atoms with Crippen molar-refractivity contribution < 1.29 is 13.9 Å². The van der Waals surface area contributed by atoms with E-state index >= 15 is 0 Å². The number of ether oxygens (including phenoxy) is 2. The van der Waals surface area contributed by atoms with Crippen LogP contribution in [0.2, 0.25) is 0 Å². The molecule has 4 rings (SSSR count). The molecule has 1 aromatic carbocycles. The molecule has 1 saturated carbocycles. The van der Waals surface area contributed by atoms with Gasteiger partial charge in [0.2, 0.25) is 0 Å². The lowest BCUT2D eigenvalue weighted by Crippen LogP contribution is -2.17. The minimum atomic E-state index is -0.316. The molecule has 0 saturated heterocycles. The van der Waals surface area contributed by atoms with Gasteiger partial charge in [0, 0.05) is 36.3 Å². The normalized spacial score (nSPS) is 19.0. The Morgan fingerprint density at radius 2 is 2.12 bits per heavy atom. The van der Waals surface area contributed by atoms with Crippen LogP contribution < -0.4 is 10.3 Å². The van der Waals surface area contributed by atoms with E-state index in [-0.39, 0.29) is 18.0 Å². The number of aromatic nitrogens is 2. The highest BCUT2D eigenvalue weighted by Crippen LogP contribution is 2.49. The van der Waals surface area contributed by atoms with E-state index in [1.807, 2.05) is 6.92 Å². The molecular formula is C19H19FN2O3S. The molecule has 2 heterocycles. The van der Waals surface area contributed by atoms with Gasteiger partial charge in [-0.05, 0) is 43.5 Å². The molecule has 0 N–H and O–H groups in total. The summed E-state index contributed by atoms with van der Waals surface area (Å²) in [6.45, 7) is 2.91. The van der Waals surface area contributed by atoms with Crippen molar-refractivity contribution in [2.24, 2.45) is 5.92 Å². The third-order valence-corrected chi connectivity index (χ3v) is 5.61. The van der Waals surface area contributed by atoms with Crippen LogP contribution in [0.5, 0.6) is 5.75 Å². The standard InChI is InChI=1S/C19H19FN2O3S/c1-11-18(16-7-12(16)9-24-2)22-17(23)8-14(21-19(22)26-11)10-25-15-5-3-13(20)4-6-15/h3-6,8,12,16H,7,9-10H2,1-2H3/t12-,16+/m0/s1. The summed E-state index contributed by atoms with van der Waals surface area (Å²) in [5.41, 5.74) is 1.54. The Morgan fingerprint density at radius 1 is 1.35 bits per heavy atom. The van der Waals surface area contributed by atoms with Gasteiger partial charge in [0.05, 0.1) is 5.69 Å². The first-order valence-electron chi connectivity index (χ1n) is 8.46. The smallest absolute Gasteiger partial charge is 0.259 e. The van der Waals surface area contributed by atoms with Crippen LogP contribution in [0.4, 0.5) is 4.39 Å². The van der Waals surface area contributed by atoms with E-state index in [2.05, 4.69) is 4.98 Å². The fraction of sp³-hybridized carbons (Fsp3) is 0.368. The van der Waals surface area contributed by atoms with Crippen LogP contribution in [-0.2, 0) is 11.3 Å². The molecule has 0 spiro atoms. The maximum atomic E-state index is 12.9. The number of benzene rings is 1. The van der Waals surface area contributed by atoms with Crippen molar-refractivity contribution in [3.05, 3.63) is 62.8 Å². The Hall–Kier alpha value is -2.25. The molecule has 1 fully saturated rings. The Labute approximate surface area is 154 Å². The molecule has 5 nitrogen and oxygen atoms in total. The summed E-state index contributed by atoms with van der Waals surface area (Å²) in [6, 6.07) is 7.29. The first-order chi connectivity index (χ1) is 12.6. The summed E-state index contributed by atoms with van der Waals surface area (Å²) >= 11 is 1.53. The molecule has 26 heavy (non-hydrogen) atoms. The van der Waals surface area contributed by atoms with E-state index in [0.29, 0.717) is 34.8 Å². The predicted molar refractivity (Wildman–Crippen MR) is 97.5 cm³/mol. The summed E-state index contributed by atoms with van der Waals surface area (Å²) in [4.78, 5) is 19.1. The summed E-state index contributed by atoms with van der Waals surface area (Å²) < 4.78 is 25.5. The molecule has 1 aliphatic carbocycles. The van der Waals surface area contributed by atoms with Gasteiger partial charge >= 0.3 is 0 Å². The number of fused-ring (bicyclic) bond motifs is 1. The lowest BCUT2D eigenvalue weighted by Gasteiger charge is -2.06. The minimum absolute atomic E-state index is 0.0878. The fourth-order valence-corrected chi connectivity index (χ4v) is 4.38. The number of halogens is 1. The average Bonchev–Trinajstić information content (AvgIpc) is 3.27. The van der Waals surface area contributed by atoms with Crippen molar-refractivity contribution in [1.29, 1.82) is 0 Å². The summed E-state index contributed by atoms with van der Waals surface area (Å²) in [5.74, 6) is 1.06. The van der Waals surface area contributed by atoms with E-state index in [1.165, 1.54) is 29.5 Å². The van der Waals surface area contributed by atoms with Crippen molar-refractivity contribution in [3.8, 4) is 5.75 Å². The van der Waals surface area contributed by atoms with Crippen molar-refractivity contribution in [1.82, 2.24) is 9.38 Å². The molecule has 136 valence electrons. The monoisotopic (exact) mass is 374 g/mol. The first-order valence-corrected chi connectivity index (χ1v) is 9.27. The van der Waals surface area contributed by atoms with Crippen molar-refractivity contribution in [2.45, 2.75) is 25.9 Å². The molecule has 3 aromatic rings. The van der Waals surface area contributed by atoms with Gasteiger partial charge in [0.25, 0.3) is 5.56 Å². The molecule has 1 aliphatic rings. The van der Waals surface area contributed by atoms with Gasteiger partial charge < -0.3 is 9.47 Å². The molecule has 7 heteroatoms. The van der Waals surface area contributed by atoms with Crippen LogP contribution in [0.3, 0.4) is 0 Å². The lowest BCUT2D eigenvalue weighted by molar-refractivity contribution is 0.184. The average molecular weight is 374 g/mol. The molecule has 0 aliphatic heterocycles. The number of hydrogen-bond donors (Lipinski definition) is 0. The van der Waals surface area contributed by atoms with Gasteiger partial charge in [-0.1, -0.05) is 0 Å². The number of aryl methyl sites for hydroxylation is 1. The van der Waals surface area contributed by atoms with E-state index < -0.39 is 0 Å². The van der Waals surface area contributed by atoms with E-state index in [1.54, 1.807) is 23.6 Å². The van der Waals surface area contributed by atoms with Crippen molar-refractivity contribution >= 4 is 16.3 Å². The Kier molecular flexibility index (Phi) is 4.50. The van der Waals surface area contributed by atoms with Crippen molar-refractivity contribution in [3.63, 3.8) is 0 Å². The SMILES string of the molecule is COC[C@@H]1C[C@H]1c1c(C)sc2nc(COc3ccc(F)cc3)cc(=O)n12. The van der Waals surface area contributed by atoms with Gasteiger partial charge in [-0.3, -0.25) is 9.20 Å². The largest absolute Gasteiger partial charge is 0.487 e. The zero-order valence-corrected chi connectivity index (χ0v) is 15.4. The van der Waals surface area contributed by atoms with Crippen LogP contribution >= 0.6 is 11.3 Å². The highest BCUT2D eigenvalue weighted by atomic mass is 32.1.